The summed E-state index contributed by atoms with van der Waals surface area (Å²) in [5, 5.41) is 11.1. The highest BCUT2D eigenvalue weighted by atomic mass is 19.1. The Kier molecular flexibility index (Phi) is 5.27. The molecule has 0 aromatic heterocycles. The molecule has 0 fully saturated rings. The van der Waals surface area contributed by atoms with Gasteiger partial charge in [-0.2, -0.15) is 0 Å². The molecule has 1 unspecified atom stereocenters. The SMILES string of the molecule is C#CCNC(=O)C(C)Oc1c(F)cc(CO)cc1F. The summed E-state index contributed by atoms with van der Waals surface area (Å²) in [5.74, 6) is -1.03. The summed E-state index contributed by atoms with van der Waals surface area (Å²) < 4.78 is 32.0. The van der Waals surface area contributed by atoms with E-state index in [4.69, 9.17) is 16.3 Å². The molecule has 0 aliphatic rings. The molecular weight excluding hydrogens is 256 g/mol. The van der Waals surface area contributed by atoms with Gasteiger partial charge in [0.2, 0.25) is 0 Å². The highest BCUT2D eigenvalue weighted by Crippen LogP contribution is 2.24. The number of halogens is 2. The second kappa shape index (κ2) is 6.71. The summed E-state index contributed by atoms with van der Waals surface area (Å²) >= 11 is 0. The fraction of sp³-hybridized carbons (Fsp3) is 0.308. The number of hydrogen-bond donors (Lipinski definition) is 2. The number of aliphatic hydroxyl groups excluding tert-OH is 1. The summed E-state index contributed by atoms with van der Waals surface area (Å²) in [5.41, 5.74) is 0.0757. The number of benzene rings is 1. The van der Waals surface area contributed by atoms with Gasteiger partial charge >= 0.3 is 0 Å². The lowest BCUT2D eigenvalue weighted by Gasteiger charge is -2.15. The molecule has 1 atom stereocenters. The number of nitrogens with one attached hydrogen (secondary N) is 1. The zero-order valence-corrected chi connectivity index (χ0v) is 10.2. The van der Waals surface area contributed by atoms with Gasteiger partial charge in [0.15, 0.2) is 23.5 Å². The zero-order valence-electron chi connectivity index (χ0n) is 10.2. The Morgan fingerprint density at radius 3 is 2.58 bits per heavy atom. The summed E-state index contributed by atoms with van der Waals surface area (Å²) in [6, 6.07) is 1.87. The van der Waals surface area contributed by atoms with Crippen LogP contribution in [0.3, 0.4) is 0 Å². The molecule has 0 saturated heterocycles. The second-order valence-electron chi connectivity index (χ2n) is 3.73. The lowest BCUT2D eigenvalue weighted by atomic mass is 10.2. The van der Waals surface area contributed by atoms with Crippen molar-refractivity contribution in [2.45, 2.75) is 19.6 Å². The molecule has 0 aliphatic heterocycles. The lowest BCUT2D eigenvalue weighted by molar-refractivity contribution is -0.127. The van der Waals surface area contributed by atoms with Crippen molar-refractivity contribution in [3.05, 3.63) is 29.3 Å². The fourth-order valence-corrected chi connectivity index (χ4v) is 1.33. The predicted octanol–water partition coefficient (Wildman–Crippen LogP) is 0.974. The van der Waals surface area contributed by atoms with Gasteiger partial charge in [0, 0.05) is 0 Å². The minimum Gasteiger partial charge on any atom is -0.475 e. The molecule has 0 heterocycles. The molecule has 1 amide bonds. The van der Waals surface area contributed by atoms with Gasteiger partial charge in [-0.05, 0) is 24.6 Å². The summed E-state index contributed by atoms with van der Waals surface area (Å²) in [6.07, 6.45) is 3.86. The van der Waals surface area contributed by atoms with Crippen molar-refractivity contribution in [1.29, 1.82) is 0 Å². The molecule has 1 aromatic rings. The van der Waals surface area contributed by atoms with Gasteiger partial charge in [-0.1, -0.05) is 5.92 Å². The van der Waals surface area contributed by atoms with Gasteiger partial charge in [-0.3, -0.25) is 4.79 Å². The number of ether oxygens (including phenoxy) is 1. The normalized spacial score (nSPS) is 11.5. The molecule has 102 valence electrons. The van der Waals surface area contributed by atoms with E-state index in [0.717, 1.165) is 12.1 Å². The van der Waals surface area contributed by atoms with Gasteiger partial charge in [0.05, 0.1) is 13.2 Å². The Balaban J connectivity index is 2.82. The fourth-order valence-electron chi connectivity index (χ4n) is 1.33. The van der Waals surface area contributed by atoms with Crippen LogP contribution < -0.4 is 10.1 Å². The molecule has 2 N–H and O–H groups in total. The molecule has 6 heteroatoms. The first kappa shape index (κ1) is 14.9. The Morgan fingerprint density at radius 1 is 1.53 bits per heavy atom. The van der Waals surface area contributed by atoms with E-state index in [1.807, 2.05) is 0 Å². The Hall–Kier alpha value is -2.13. The first-order chi connectivity index (χ1) is 8.99. The van der Waals surface area contributed by atoms with Crippen LogP contribution in [0.5, 0.6) is 5.75 Å². The average molecular weight is 269 g/mol. The van der Waals surface area contributed by atoms with Gasteiger partial charge < -0.3 is 15.2 Å². The number of carbonyl (C=O) groups is 1. The number of rotatable bonds is 5. The van der Waals surface area contributed by atoms with Crippen LogP contribution in [0.25, 0.3) is 0 Å². The standard InChI is InChI=1S/C13H13F2NO3/c1-3-4-16-13(18)8(2)19-12-10(14)5-9(7-17)6-11(12)15/h1,5-6,8,17H,4,7H2,2H3,(H,16,18). The van der Waals surface area contributed by atoms with Crippen LogP contribution in [-0.2, 0) is 11.4 Å². The van der Waals surface area contributed by atoms with Gasteiger partial charge in [-0.15, -0.1) is 6.42 Å². The maximum atomic E-state index is 13.5. The molecule has 0 spiro atoms. The van der Waals surface area contributed by atoms with Gasteiger partial charge in [0.25, 0.3) is 5.91 Å². The van der Waals surface area contributed by atoms with Crippen molar-refractivity contribution in [1.82, 2.24) is 5.32 Å². The quantitative estimate of drug-likeness (QED) is 0.783. The predicted molar refractivity (Wildman–Crippen MR) is 64.2 cm³/mol. The van der Waals surface area contributed by atoms with Gasteiger partial charge in [-0.25, -0.2) is 8.78 Å². The minimum atomic E-state index is -1.10. The highest BCUT2D eigenvalue weighted by molar-refractivity contribution is 5.80. The van der Waals surface area contributed by atoms with Crippen LogP contribution in [-0.4, -0.2) is 23.7 Å². The number of carbonyl (C=O) groups excluding carboxylic acids is 1. The van der Waals surface area contributed by atoms with Crippen molar-refractivity contribution in [3.63, 3.8) is 0 Å². The van der Waals surface area contributed by atoms with Crippen molar-refractivity contribution >= 4 is 5.91 Å². The molecule has 19 heavy (non-hydrogen) atoms. The monoisotopic (exact) mass is 269 g/mol. The third kappa shape index (κ3) is 3.93. The molecule has 4 nitrogen and oxygen atoms in total. The van der Waals surface area contributed by atoms with Crippen LogP contribution in [0.15, 0.2) is 12.1 Å². The van der Waals surface area contributed by atoms with Crippen molar-refractivity contribution < 1.29 is 23.4 Å². The summed E-state index contributed by atoms with van der Waals surface area (Å²) in [4.78, 5) is 11.4. The van der Waals surface area contributed by atoms with Crippen LogP contribution in [0.4, 0.5) is 8.78 Å². The number of terminal acetylenes is 1. The van der Waals surface area contributed by atoms with E-state index in [1.54, 1.807) is 0 Å². The van der Waals surface area contributed by atoms with Crippen LogP contribution in [0, 0.1) is 24.0 Å². The van der Waals surface area contributed by atoms with E-state index in [0.29, 0.717) is 0 Å². The van der Waals surface area contributed by atoms with Crippen molar-refractivity contribution in [3.8, 4) is 18.1 Å². The summed E-state index contributed by atoms with van der Waals surface area (Å²) in [6.45, 7) is 0.845. The van der Waals surface area contributed by atoms with E-state index in [2.05, 4.69) is 11.2 Å². The lowest BCUT2D eigenvalue weighted by Crippen LogP contribution is -2.36. The van der Waals surface area contributed by atoms with E-state index in [1.165, 1.54) is 6.92 Å². The number of amides is 1. The van der Waals surface area contributed by atoms with Crippen LogP contribution >= 0.6 is 0 Å². The van der Waals surface area contributed by atoms with Crippen LogP contribution in [0.2, 0.25) is 0 Å². The van der Waals surface area contributed by atoms with Crippen molar-refractivity contribution in [2.24, 2.45) is 0 Å². The maximum absolute atomic E-state index is 13.5. The van der Waals surface area contributed by atoms with Gasteiger partial charge in [0.1, 0.15) is 0 Å². The number of aliphatic hydroxyl groups is 1. The van der Waals surface area contributed by atoms with E-state index < -0.39 is 36.0 Å². The highest BCUT2D eigenvalue weighted by Gasteiger charge is 2.19. The molecule has 1 aromatic carbocycles. The Labute approximate surface area is 109 Å². The Bertz CT molecular complexity index is 488. The topological polar surface area (TPSA) is 58.6 Å². The first-order valence-electron chi connectivity index (χ1n) is 5.46. The van der Waals surface area contributed by atoms with Crippen LogP contribution in [0.1, 0.15) is 12.5 Å². The van der Waals surface area contributed by atoms with E-state index in [9.17, 15) is 13.6 Å². The van der Waals surface area contributed by atoms with Crippen molar-refractivity contribution in [2.75, 3.05) is 6.54 Å². The first-order valence-corrected chi connectivity index (χ1v) is 5.46. The molecule has 0 bridgehead atoms. The zero-order chi connectivity index (χ0) is 14.4. The summed E-state index contributed by atoms with van der Waals surface area (Å²) in [7, 11) is 0. The largest absolute Gasteiger partial charge is 0.475 e. The van der Waals surface area contributed by atoms with E-state index in [-0.39, 0.29) is 12.1 Å². The molecule has 0 radical (unpaired) electrons. The smallest absolute Gasteiger partial charge is 0.261 e. The van der Waals surface area contributed by atoms with E-state index >= 15 is 0 Å². The maximum Gasteiger partial charge on any atom is 0.261 e. The average Bonchev–Trinajstić information content (AvgIpc) is 2.39. The molecule has 0 aliphatic carbocycles. The Morgan fingerprint density at radius 2 is 2.11 bits per heavy atom. The molecular formula is C13H13F2NO3. The molecule has 1 rings (SSSR count). The minimum absolute atomic E-state index is 0.000940. The second-order valence-corrected chi connectivity index (χ2v) is 3.73. The third-order valence-corrected chi connectivity index (χ3v) is 2.27. The third-order valence-electron chi connectivity index (χ3n) is 2.27. The molecule has 0 saturated carbocycles. The number of hydrogen-bond acceptors (Lipinski definition) is 3.